The number of sulfone groups is 1. The third-order valence-electron chi connectivity index (χ3n) is 5.93. The summed E-state index contributed by atoms with van der Waals surface area (Å²) in [5.74, 6) is -0.0903. The van der Waals surface area contributed by atoms with Crippen LogP contribution in [0.4, 0.5) is 5.13 Å². The lowest BCUT2D eigenvalue weighted by Crippen LogP contribution is -2.36. The Morgan fingerprint density at radius 2 is 1.86 bits per heavy atom. The van der Waals surface area contributed by atoms with Gasteiger partial charge in [-0.05, 0) is 48.8 Å². The summed E-state index contributed by atoms with van der Waals surface area (Å²) in [6.45, 7) is 1.04. The number of hydrogen-bond donors (Lipinski definition) is 4. The molecule has 1 aliphatic rings. The topological polar surface area (TPSA) is 186 Å². The summed E-state index contributed by atoms with van der Waals surface area (Å²) < 4.78 is 54.1. The number of primary sulfonamides is 1. The molecule has 0 spiro atoms. The minimum Gasteiger partial charge on any atom is -0.365 e. The molecule has 0 aliphatic carbocycles. The Balaban J connectivity index is 1.86. The number of benzene rings is 2. The predicted molar refractivity (Wildman–Crippen MR) is 132 cm³/mol. The fourth-order valence-corrected chi connectivity index (χ4v) is 8.55. The number of nitrogens with one attached hydrogen (secondary N) is 3. The Morgan fingerprint density at radius 1 is 1.09 bits per heavy atom. The first-order valence-corrected chi connectivity index (χ1v) is 14.6. The Hall–Kier alpha value is -2.98. The molecule has 1 fully saturated rings. The van der Waals surface area contributed by atoms with Crippen molar-refractivity contribution in [1.82, 2.24) is 30.9 Å². The van der Waals surface area contributed by atoms with Crippen LogP contribution in [-0.4, -0.2) is 67.8 Å². The van der Waals surface area contributed by atoms with Crippen LogP contribution in [0.25, 0.3) is 32.7 Å². The monoisotopic (exact) mass is 534 g/mol. The van der Waals surface area contributed by atoms with E-state index in [1.54, 1.807) is 19.2 Å². The number of tetrazole rings is 1. The highest BCUT2D eigenvalue weighted by atomic mass is 32.2. The number of anilines is 1. The summed E-state index contributed by atoms with van der Waals surface area (Å²) in [6.07, 6.45) is 0.716. The molecule has 0 amide bonds. The van der Waals surface area contributed by atoms with Gasteiger partial charge in [0, 0.05) is 12.6 Å². The van der Waals surface area contributed by atoms with Crippen molar-refractivity contribution in [1.29, 1.82) is 0 Å². The van der Waals surface area contributed by atoms with E-state index in [1.165, 1.54) is 17.4 Å². The van der Waals surface area contributed by atoms with E-state index in [1.807, 2.05) is 12.1 Å². The zero-order chi connectivity index (χ0) is 24.8. The number of rotatable bonds is 6. The first-order valence-electron chi connectivity index (χ1n) is 10.7. The number of hydrogen-bond acceptors (Lipinski definition) is 11. The van der Waals surface area contributed by atoms with Crippen molar-refractivity contribution in [2.24, 2.45) is 5.14 Å². The van der Waals surface area contributed by atoms with E-state index in [0.29, 0.717) is 47.7 Å². The lowest BCUT2D eigenvalue weighted by molar-refractivity contribution is 0.495. The summed E-state index contributed by atoms with van der Waals surface area (Å²) in [5.41, 5.74) is 1.53. The van der Waals surface area contributed by atoms with Gasteiger partial charge in [0.05, 0.1) is 25.9 Å². The van der Waals surface area contributed by atoms with Gasteiger partial charge in [-0.3, -0.25) is 0 Å². The lowest BCUT2D eigenvalue weighted by atomic mass is 9.98. The molecule has 5 rings (SSSR count). The molecule has 0 radical (unpaired) electrons. The van der Waals surface area contributed by atoms with Gasteiger partial charge in [-0.25, -0.2) is 27.0 Å². The molecule has 2 aromatic carbocycles. The van der Waals surface area contributed by atoms with Crippen LogP contribution < -0.4 is 15.8 Å². The van der Waals surface area contributed by atoms with Gasteiger partial charge in [0.25, 0.3) is 0 Å². The molecule has 0 bridgehead atoms. The Kier molecular flexibility index (Phi) is 6.04. The van der Waals surface area contributed by atoms with Gasteiger partial charge in [-0.1, -0.05) is 29.5 Å². The van der Waals surface area contributed by atoms with Crippen LogP contribution in [0, 0.1) is 0 Å². The van der Waals surface area contributed by atoms with Crippen molar-refractivity contribution in [2.45, 2.75) is 27.9 Å². The maximum atomic E-state index is 13.6. The molecule has 2 aromatic heterocycles. The Morgan fingerprint density at radius 3 is 2.51 bits per heavy atom. The molecular formula is C20H22N8O4S3. The molecule has 0 saturated carbocycles. The third-order valence-corrected chi connectivity index (χ3v) is 10.4. The van der Waals surface area contributed by atoms with E-state index < -0.39 is 30.0 Å². The van der Waals surface area contributed by atoms with E-state index in [4.69, 9.17) is 5.14 Å². The average molecular weight is 535 g/mol. The number of thiazole rings is 1. The van der Waals surface area contributed by atoms with Crippen molar-refractivity contribution in [3.8, 4) is 22.5 Å². The highest BCUT2D eigenvalue weighted by Crippen LogP contribution is 2.43. The zero-order valence-electron chi connectivity index (χ0n) is 18.5. The Bertz CT molecular complexity index is 1610. The first kappa shape index (κ1) is 23.7. The number of piperidine rings is 1. The van der Waals surface area contributed by atoms with Crippen LogP contribution in [0.3, 0.4) is 0 Å². The van der Waals surface area contributed by atoms with Crippen LogP contribution in [0.5, 0.6) is 0 Å². The van der Waals surface area contributed by atoms with Crippen LogP contribution in [-0.2, 0) is 19.9 Å². The van der Waals surface area contributed by atoms with Crippen molar-refractivity contribution < 1.29 is 16.8 Å². The van der Waals surface area contributed by atoms with Gasteiger partial charge in [0.2, 0.25) is 15.8 Å². The molecular weight excluding hydrogens is 512 g/mol. The van der Waals surface area contributed by atoms with E-state index in [-0.39, 0.29) is 16.3 Å². The second-order valence-electron chi connectivity index (χ2n) is 8.01. The predicted octanol–water partition coefficient (Wildman–Crippen LogP) is 1.36. The van der Waals surface area contributed by atoms with E-state index in [0.717, 1.165) is 4.70 Å². The highest BCUT2D eigenvalue weighted by Gasteiger charge is 2.37. The maximum absolute atomic E-state index is 13.6. The van der Waals surface area contributed by atoms with Crippen LogP contribution >= 0.6 is 11.3 Å². The van der Waals surface area contributed by atoms with Crippen molar-refractivity contribution in [2.75, 3.05) is 25.5 Å². The smallest absolute Gasteiger partial charge is 0.240 e. The number of para-hydroxylation sites is 1. The van der Waals surface area contributed by atoms with Crippen molar-refractivity contribution >= 4 is 46.5 Å². The summed E-state index contributed by atoms with van der Waals surface area (Å²) in [5, 5.41) is 25.6. The van der Waals surface area contributed by atoms with Gasteiger partial charge in [-0.2, -0.15) is 5.21 Å². The van der Waals surface area contributed by atoms with Gasteiger partial charge in [-0.15, -0.1) is 10.2 Å². The molecule has 3 heterocycles. The summed E-state index contributed by atoms with van der Waals surface area (Å²) in [4.78, 5) is 3.69. The standard InChI is InChI=1S/C20H22N8O4S3/c1-22-20-24-17-13(3-2-4-14(17)33-20)12-5-6-15(34(29,30)11-7-9-23-10-8-11)18(35(21,31)32)16(12)19-25-27-28-26-19/h2-6,11,23H,7-10H2,1H3,(H,22,24)(H2,21,31,32)(H,25,26,27,28). The van der Waals surface area contributed by atoms with Crippen LogP contribution in [0.2, 0.25) is 0 Å². The Labute approximate surface area is 205 Å². The number of sulfonamides is 1. The summed E-state index contributed by atoms with van der Waals surface area (Å²) >= 11 is 1.43. The molecule has 4 aromatic rings. The molecule has 35 heavy (non-hydrogen) atoms. The SMILES string of the molecule is CNc1nc2c(-c3ccc(S(=O)(=O)C4CCNCC4)c(S(N)(=O)=O)c3-c3nn[nH]n3)cccc2s1. The van der Waals surface area contributed by atoms with Gasteiger partial charge < -0.3 is 10.6 Å². The normalized spacial score (nSPS) is 15.5. The minimum absolute atomic E-state index is 0.0391. The fraction of sp³-hybridized carbons (Fsp3) is 0.300. The minimum atomic E-state index is -4.54. The summed E-state index contributed by atoms with van der Waals surface area (Å²) in [7, 11) is -6.83. The molecule has 184 valence electrons. The van der Waals surface area contributed by atoms with E-state index in [2.05, 4.69) is 36.2 Å². The molecule has 5 N–H and O–H groups in total. The number of fused-ring (bicyclic) bond motifs is 1. The molecule has 15 heteroatoms. The van der Waals surface area contributed by atoms with Gasteiger partial charge in [0.15, 0.2) is 15.0 Å². The second-order valence-corrected chi connectivity index (χ2v) is 12.7. The quantitative estimate of drug-likeness (QED) is 0.281. The van der Waals surface area contributed by atoms with E-state index in [9.17, 15) is 16.8 Å². The number of H-pyrrole nitrogens is 1. The lowest BCUT2D eigenvalue weighted by Gasteiger charge is -2.24. The highest BCUT2D eigenvalue weighted by molar-refractivity contribution is 7.94. The van der Waals surface area contributed by atoms with Crippen molar-refractivity contribution in [3.63, 3.8) is 0 Å². The average Bonchev–Trinajstić information content (AvgIpc) is 3.53. The van der Waals surface area contributed by atoms with Crippen molar-refractivity contribution in [3.05, 3.63) is 30.3 Å². The van der Waals surface area contributed by atoms with Crippen LogP contribution in [0.15, 0.2) is 40.1 Å². The van der Waals surface area contributed by atoms with Crippen LogP contribution in [0.1, 0.15) is 12.8 Å². The fourth-order valence-electron chi connectivity index (χ4n) is 4.34. The largest absolute Gasteiger partial charge is 0.365 e. The number of nitrogens with zero attached hydrogens (tertiary/aromatic N) is 4. The molecule has 1 saturated heterocycles. The molecule has 0 atom stereocenters. The van der Waals surface area contributed by atoms with Gasteiger partial charge >= 0.3 is 0 Å². The third kappa shape index (κ3) is 4.18. The second kappa shape index (κ2) is 8.91. The number of aromatic nitrogens is 5. The maximum Gasteiger partial charge on any atom is 0.240 e. The number of nitrogens with two attached hydrogens (primary N) is 1. The van der Waals surface area contributed by atoms with E-state index >= 15 is 0 Å². The zero-order valence-corrected chi connectivity index (χ0v) is 21.0. The molecule has 1 aliphatic heterocycles. The molecule has 0 unspecified atom stereocenters. The summed E-state index contributed by atoms with van der Waals surface area (Å²) in [6, 6.07) is 8.34. The number of aromatic amines is 1. The van der Waals surface area contributed by atoms with Gasteiger partial charge in [0.1, 0.15) is 4.90 Å². The molecule has 12 nitrogen and oxygen atoms in total. The first-order chi connectivity index (χ1) is 16.7.